The molecular formula is C15H21F3N6S. The first-order chi connectivity index (χ1) is 11.7. The molecule has 0 fully saturated rings. The summed E-state index contributed by atoms with van der Waals surface area (Å²) in [5.74, 6) is 0.432. The molecule has 0 amide bonds. The molecule has 0 radical (unpaired) electrons. The van der Waals surface area contributed by atoms with Crippen molar-refractivity contribution in [2.45, 2.75) is 33.0 Å². The maximum Gasteiger partial charge on any atom is 0.435 e. The van der Waals surface area contributed by atoms with Crippen LogP contribution < -0.4 is 10.6 Å². The first kappa shape index (κ1) is 19.2. The highest BCUT2D eigenvalue weighted by Crippen LogP contribution is 2.30. The van der Waals surface area contributed by atoms with Crippen molar-refractivity contribution in [3.63, 3.8) is 0 Å². The fourth-order valence-corrected chi connectivity index (χ4v) is 3.17. The van der Waals surface area contributed by atoms with Gasteiger partial charge in [0.1, 0.15) is 0 Å². The lowest BCUT2D eigenvalue weighted by Gasteiger charge is -2.12. The molecule has 25 heavy (non-hydrogen) atoms. The second-order valence-electron chi connectivity index (χ2n) is 5.53. The van der Waals surface area contributed by atoms with Crippen LogP contribution in [0.1, 0.15) is 26.8 Å². The maximum atomic E-state index is 12.9. The molecule has 0 atom stereocenters. The van der Waals surface area contributed by atoms with Crippen LogP contribution in [0.3, 0.4) is 0 Å². The summed E-state index contributed by atoms with van der Waals surface area (Å²) in [6, 6.07) is 0. The van der Waals surface area contributed by atoms with Crippen molar-refractivity contribution in [1.29, 1.82) is 0 Å². The molecule has 0 bridgehead atoms. The summed E-state index contributed by atoms with van der Waals surface area (Å²) in [5, 5.41) is 10.5. The highest BCUT2D eigenvalue weighted by atomic mass is 32.1. The van der Waals surface area contributed by atoms with Gasteiger partial charge in [-0.15, -0.1) is 11.3 Å². The van der Waals surface area contributed by atoms with Crippen LogP contribution in [0.15, 0.2) is 11.2 Å². The fraction of sp³-hybridized carbons (Fsp3) is 0.533. The van der Waals surface area contributed by atoms with E-state index in [-0.39, 0.29) is 12.1 Å². The minimum absolute atomic E-state index is 0.0160. The molecule has 0 unspecified atom stereocenters. The minimum atomic E-state index is -4.48. The van der Waals surface area contributed by atoms with Gasteiger partial charge < -0.3 is 10.6 Å². The average Bonchev–Trinajstić information content (AvgIpc) is 3.05. The van der Waals surface area contributed by atoms with E-state index in [4.69, 9.17) is 0 Å². The largest absolute Gasteiger partial charge is 0.435 e. The fourth-order valence-electron chi connectivity index (χ4n) is 2.24. The van der Waals surface area contributed by atoms with Crippen LogP contribution in [0.5, 0.6) is 0 Å². The van der Waals surface area contributed by atoms with E-state index in [1.165, 1.54) is 18.1 Å². The van der Waals surface area contributed by atoms with E-state index in [9.17, 15) is 13.2 Å². The predicted molar refractivity (Wildman–Crippen MR) is 91.7 cm³/mol. The van der Waals surface area contributed by atoms with Gasteiger partial charge in [0.25, 0.3) is 0 Å². The van der Waals surface area contributed by atoms with Gasteiger partial charge in [-0.1, -0.05) is 0 Å². The first-order valence-electron chi connectivity index (χ1n) is 7.68. The second kappa shape index (κ2) is 7.85. The molecule has 0 aliphatic heterocycles. The monoisotopic (exact) mass is 374 g/mol. The van der Waals surface area contributed by atoms with Crippen molar-refractivity contribution >= 4 is 17.3 Å². The zero-order chi connectivity index (χ0) is 18.6. The molecule has 0 saturated heterocycles. The van der Waals surface area contributed by atoms with Gasteiger partial charge in [-0.2, -0.15) is 18.3 Å². The molecule has 0 aliphatic rings. The van der Waals surface area contributed by atoms with Crippen LogP contribution >= 0.6 is 11.3 Å². The van der Waals surface area contributed by atoms with Gasteiger partial charge in [0, 0.05) is 50.2 Å². The molecule has 2 aromatic rings. The summed E-state index contributed by atoms with van der Waals surface area (Å²) >= 11 is 1.64. The third-order valence-electron chi connectivity index (χ3n) is 3.55. The molecule has 0 aromatic carbocycles. The van der Waals surface area contributed by atoms with E-state index in [1.54, 1.807) is 18.4 Å². The van der Waals surface area contributed by atoms with Gasteiger partial charge >= 0.3 is 6.18 Å². The zero-order valence-electron chi connectivity index (χ0n) is 14.5. The lowest BCUT2D eigenvalue weighted by molar-refractivity contribution is -0.142. The second-order valence-corrected chi connectivity index (χ2v) is 6.81. The summed E-state index contributed by atoms with van der Waals surface area (Å²) in [4.78, 5) is 9.66. The Labute approximate surface area is 148 Å². The Morgan fingerprint density at radius 1 is 1.32 bits per heavy atom. The number of nitrogens with zero attached hydrogens (tertiary/aromatic N) is 4. The van der Waals surface area contributed by atoms with E-state index in [0.29, 0.717) is 12.5 Å². The maximum absolute atomic E-state index is 12.9. The molecule has 0 spiro atoms. The molecule has 6 nitrogen and oxygen atoms in total. The smallest absolute Gasteiger partial charge is 0.356 e. The number of aryl methyl sites for hydroxylation is 3. The van der Waals surface area contributed by atoms with Gasteiger partial charge in [0.15, 0.2) is 11.7 Å². The lowest BCUT2D eigenvalue weighted by atomic mass is 10.2. The van der Waals surface area contributed by atoms with Crippen LogP contribution in [0.25, 0.3) is 0 Å². The number of rotatable bonds is 5. The molecule has 10 heteroatoms. The topological polar surface area (TPSA) is 67.1 Å². The van der Waals surface area contributed by atoms with E-state index in [1.807, 2.05) is 13.8 Å². The molecule has 2 heterocycles. The van der Waals surface area contributed by atoms with Gasteiger partial charge in [-0.05, 0) is 13.8 Å². The van der Waals surface area contributed by atoms with E-state index < -0.39 is 11.9 Å². The normalized spacial score (nSPS) is 12.5. The molecular weight excluding hydrogens is 353 g/mol. The standard InChI is InChI=1S/C15H21F3N6S/c1-9-10(2)25-12(22-9)5-6-20-14(19-3)21-7-11-8-24(4)23-13(11)15(16,17)18/h8H,5-7H2,1-4H3,(H2,19,20,21). The van der Waals surface area contributed by atoms with Gasteiger partial charge in [0.2, 0.25) is 0 Å². The van der Waals surface area contributed by atoms with Crippen molar-refractivity contribution in [2.75, 3.05) is 13.6 Å². The highest BCUT2D eigenvalue weighted by Gasteiger charge is 2.36. The third-order valence-corrected chi connectivity index (χ3v) is 4.68. The molecule has 138 valence electrons. The Bertz CT molecular complexity index is 728. The Kier molecular flexibility index (Phi) is 6.04. The van der Waals surface area contributed by atoms with Gasteiger partial charge in [-0.3, -0.25) is 9.67 Å². The van der Waals surface area contributed by atoms with Crippen LogP contribution in [0.4, 0.5) is 13.2 Å². The van der Waals surface area contributed by atoms with Gasteiger partial charge in [-0.25, -0.2) is 4.98 Å². The number of aromatic nitrogens is 3. The number of aliphatic imine (C=N–C) groups is 1. The van der Waals surface area contributed by atoms with Crippen LogP contribution in [-0.4, -0.2) is 34.3 Å². The lowest BCUT2D eigenvalue weighted by Crippen LogP contribution is -2.38. The van der Waals surface area contributed by atoms with E-state index in [0.717, 1.165) is 21.8 Å². The molecule has 0 aliphatic carbocycles. The van der Waals surface area contributed by atoms with E-state index in [2.05, 4.69) is 25.7 Å². The summed E-state index contributed by atoms with van der Waals surface area (Å²) in [6.07, 6.45) is -2.40. The molecule has 2 aromatic heterocycles. The van der Waals surface area contributed by atoms with Crippen molar-refractivity contribution in [3.8, 4) is 0 Å². The molecule has 0 saturated carbocycles. The number of nitrogens with one attached hydrogen (secondary N) is 2. The van der Waals surface area contributed by atoms with Crippen molar-refractivity contribution < 1.29 is 13.2 Å². The number of thiazole rings is 1. The SMILES string of the molecule is CN=C(NCCc1nc(C)c(C)s1)NCc1cn(C)nc1C(F)(F)F. The summed E-state index contributed by atoms with van der Waals surface area (Å²) < 4.78 is 40.0. The Hall–Kier alpha value is -2.10. The number of hydrogen-bond acceptors (Lipinski definition) is 4. The third kappa shape index (κ3) is 5.18. The Morgan fingerprint density at radius 2 is 2.04 bits per heavy atom. The number of guanidine groups is 1. The number of halogens is 3. The average molecular weight is 374 g/mol. The first-order valence-corrected chi connectivity index (χ1v) is 8.49. The molecule has 2 N–H and O–H groups in total. The zero-order valence-corrected chi connectivity index (χ0v) is 15.3. The quantitative estimate of drug-likeness (QED) is 0.623. The molecule has 2 rings (SSSR count). The van der Waals surface area contributed by atoms with Crippen molar-refractivity contribution in [3.05, 3.63) is 33.0 Å². The summed E-state index contributed by atoms with van der Waals surface area (Å²) in [7, 11) is 3.03. The van der Waals surface area contributed by atoms with Gasteiger partial charge in [0.05, 0.1) is 10.7 Å². The summed E-state index contributed by atoms with van der Waals surface area (Å²) in [5.41, 5.74) is 0.217. The Balaban J connectivity index is 1.88. The van der Waals surface area contributed by atoms with Crippen molar-refractivity contribution in [1.82, 2.24) is 25.4 Å². The predicted octanol–water partition coefficient (Wildman–Crippen LogP) is 2.42. The highest BCUT2D eigenvalue weighted by molar-refractivity contribution is 7.11. The Morgan fingerprint density at radius 3 is 2.60 bits per heavy atom. The van der Waals surface area contributed by atoms with Crippen LogP contribution in [0, 0.1) is 13.8 Å². The van der Waals surface area contributed by atoms with E-state index >= 15 is 0 Å². The number of alkyl halides is 3. The van der Waals surface area contributed by atoms with Crippen molar-refractivity contribution in [2.24, 2.45) is 12.0 Å². The van der Waals surface area contributed by atoms with Crippen LogP contribution in [0.2, 0.25) is 0 Å². The number of hydrogen-bond donors (Lipinski definition) is 2. The van der Waals surface area contributed by atoms with Crippen LogP contribution in [-0.2, 0) is 26.2 Å². The minimum Gasteiger partial charge on any atom is -0.356 e. The summed E-state index contributed by atoms with van der Waals surface area (Å²) in [6.45, 7) is 4.56.